The van der Waals surface area contributed by atoms with Crippen LogP contribution in [-0.2, 0) is 6.42 Å². The summed E-state index contributed by atoms with van der Waals surface area (Å²) in [5, 5.41) is 13.1. The lowest BCUT2D eigenvalue weighted by Crippen LogP contribution is -2.03. The Bertz CT molecular complexity index is 3850. The van der Waals surface area contributed by atoms with Gasteiger partial charge in [-0.2, -0.15) is 0 Å². The standard InChI is InChI=1S/C59H37N3/c1-2-14-36(15-3-1)51-34-32-39-30-31-40-33-35-52(61-58(40)57(39)60-51)54-46-21-9-7-19-44(46)53(45-20-8-10-22-47(45)54)37-26-28-38(29-27-37)56-50-25-13-11-23-48(50)55-43-18-6-4-16-41(43)42-17-5-12-24-49(42)59(55)62-56/h1-7,9-19,21-35H,8,20H2. The van der Waals surface area contributed by atoms with Gasteiger partial charge in [-0.3, -0.25) is 0 Å². The molecule has 0 radical (unpaired) electrons. The molecule has 0 saturated carbocycles. The van der Waals surface area contributed by atoms with Crippen LogP contribution in [-0.4, -0.2) is 15.0 Å². The van der Waals surface area contributed by atoms with E-state index in [1.54, 1.807) is 0 Å². The normalized spacial score (nSPS) is 12.6. The fraction of sp³-hybridized carbons (Fsp3) is 0.0339. The van der Waals surface area contributed by atoms with Crippen molar-refractivity contribution in [2.24, 2.45) is 0 Å². The predicted octanol–water partition coefficient (Wildman–Crippen LogP) is 15.6. The predicted molar refractivity (Wildman–Crippen MR) is 261 cm³/mol. The van der Waals surface area contributed by atoms with Crippen LogP contribution in [0.1, 0.15) is 17.5 Å². The number of hydrogen-bond acceptors (Lipinski definition) is 3. The second-order valence-corrected chi connectivity index (χ2v) is 16.5. The Kier molecular flexibility index (Phi) is 7.73. The molecule has 3 aromatic heterocycles. The Labute approximate surface area is 358 Å². The molecular weight excluding hydrogens is 751 g/mol. The summed E-state index contributed by atoms with van der Waals surface area (Å²) >= 11 is 0. The fourth-order valence-corrected chi connectivity index (χ4v) is 10.3. The Morgan fingerprint density at radius 2 is 0.855 bits per heavy atom. The number of hydrogen-bond donors (Lipinski definition) is 0. The summed E-state index contributed by atoms with van der Waals surface area (Å²) in [7, 11) is 0. The third kappa shape index (κ3) is 5.28. The monoisotopic (exact) mass is 787 g/mol. The van der Waals surface area contributed by atoms with Gasteiger partial charge >= 0.3 is 0 Å². The maximum absolute atomic E-state index is 5.56. The van der Waals surface area contributed by atoms with E-state index >= 15 is 0 Å². The van der Waals surface area contributed by atoms with E-state index in [9.17, 15) is 0 Å². The Morgan fingerprint density at radius 1 is 0.339 bits per heavy atom. The topological polar surface area (TPSA) is 38.7 Å². The third-order valence-electron chi connectivity index (χ3n) is 13.1. The minimum absolute atomic E-state index is 0.922. The zero-order valence-electron chi connectivity index (χ0n) is 33.8. The first-order chi connectivity index (χ1) is 30.8. The van der Waals surface area contributed by atoms with E-state index < -0.39 is 0 Å². The molecule has 0 amide bonds. The van der Waals surface area contributed by atoms with Crippen molar-refractivity contribution in [3.63, 3.8) is 0 Å². The highest BCUT2D eigenvalue weighted by Gasteiger charge is 2.23. The van der Waals surface area contributed by atoms with E-state index in [2.05, 4.69) is 194 Å². The van der Waals surface area contributed by atoms with E-state index in [0.29, 0.717) is 0 Å². The number of aromatic nitrogens is 3. The zero-order valence-corrected chi connectivity index (χ0v) is 33.8. The van der Waals surface area contributed by atoms with Gasteiger partial charge in [0.25, 0.3) is 0 Å². The quantitative estimate of drug-likeness (QED) is 0.167. The molecule has 0 N–H and O–H groups in total. The van der Waals surface area contributed by atoms with Gasteiger partial charge in [0.1, 0.15) is 0 Å². The highest BCUT2D eigenvalue weighted by Crippen LogP contribution is 2.46. The van der Waals surface area contributed by atoms with Crippen molar-refractivity contribution < 1.29 is 0 Å². The molecule has 3 nitrogen and oxygen atoms in total. The van der Waals surface area contributed by atoms with Crippen LogP contribution in [0.2, 0.25) is 0 Å². The van der Waals surface area contributed by atoms with Crippen LogP contribution in [0.5, 0.6) is 0 Å². The van der Waals surface area contributed by atoms with Crippen molar-refractivity contribution in [2.45, 2.75) is 12.8 Å². The summed E-state index contributed by atoms with van der Waals surface area (Å²) < 4.78 is 0. The van der Waals surface area contributed by atoms with Gasteiger partial charge in [-0.05, 0) is 79.5 Å². The lowest BCUT2D eigenvalue weighted by molar-refractivity contribution is 0.991. The van der Waals surface area contributed by atoms with Crippen molar-refractivity contribution in [3.05, 3.63) is 205 Å². The number of benzene rings is 9. The molecule has 0 unspecified atom stereocenters. The maximum Gasteiger partial charge on any atom is 0.0972 e. The van der Waals surface area contributed by atoms with E-state index in [1.807, 2.05) is 6.07 Å². The highest BCUT2D eigenvalue weighted by atomic mass is 14.8. The Morgan fingerprint density at radius 3 is 1.56 bits per heavy atom. The number of nitrogens with zero attached hydrogens (tertiary/aromatic N) is 3. The van der Waals surface area contributed by atoms with Crippen LogP contribution >= 0.6 is 0 Å². The van der Waals surface area contributed by atoms with Gasteiger partial charge in [0.15, 0.2) is 0 Å². The second-order valence-electron chi connectivity index (χ2n) is 16.5. The molecule has 1 aliphatic rings. The molecule has 0 saturated heterocycles. The number of allylic oxidation sites excluding steroid dienone is 1. The van der Waals surface area contributed by atoms with E-state index in [0.717, 1.165) is 73.8 Å². The molecule has 3 heterocycles. The van der Waals surface area contributed by atoms with Crippen molar-refractivity contribution in [1.29, 1.82) is 0 Å². The maximum atomic E-state index is 5.56. The molecule has 3 heteroatoms. The van der Waals surface area contributed by atoms with E-state index in [4.69, 9.17) is 15.0 Å². The molecule has 62 heavy (non-hydrogen) atoms. The van der Waals surface area contributed by atoms with Crippen LogP contribution in [0.25, 0.3) is 127 Å². The van der Waals surface area contributed by atoms with Gasteiger partial charge in [-0.25, -0.2) is 15.0 Å². The lowest BCUT2D eigenvalue weighted by atomic mass is 9.81. The number of rotatable bonds is 4. The fourth-order valence-electron chi connectivity index (χ4n) is 10.3. The molecular formula is C59H37N3. The van der Waals surface area contributed by atoms with Crippen LogP contribution in [0.3, 0.4) is 0 Å². The summed E-state index contributed by atoms with van der Waals surface area (Å²) in [6, 6.07) is 67.7. The summed E-state index contributed by atoms with van der Waals surface area (Å²) in [6.07, 6.45) is 6.60. The van der Waals surface area contributed by atoms with Crippen LogP contribution < -0.4 is 0 Å². The Balaban J connectivity index is 0.990. The molecule has 13 rings (SSSR count). The summed E-state index contributed by atoms with van der Waals surface area (Å²) in [4.78, 5) is 16.3. The highest BCUT2D eigenvalue weighted by molar-refractivity contribution is 6.31. The van der Waals surface area contributed by atoms with Gasteiger partial charge in [-0.1, -0.05) is 188 Å². The smallest absolute Gasteiger partial charge is 0.0972 e. The number of pyridine rings is 3. The third-order valence-corrected chi connectivity index (χ3v) is 13.1. The van der Waals surface area contributed by atoms with Crippen molar-refractivity contribution in [3.8, 4) is 44.9 Å². The largest absolute Gasteiger partial charge is 0.246 e. The van der Waals surface area contributed by atoms with Gasteiger partial charge < -0.3 is 0 Å². The first-order valence-corrected chi connectivity index (χ1v) is 21.5. The number of fused-ring (bicyclic) bond motifs is 13. The first-order valence-electron chi connectivity index (χ1n) is 21.5. The second kappa shape index (κ2) is 13.8. The van der Waals surface area contributed by atoms with Crippen LogP contribution in [0.15, 0.2) is 194 Å². The molecule has 0 bridgehead atoms. The van der Waals surface area contributed by atoms with Crippen LogP contribution in [0.4, 0.5) is 0 Å². The minimum Gasteiger partial charge on any atom is -0.246 e. The summed E-state index contributed by atoms with van der Waals surface area (Å²) in [5.74, 6) is 0. The lowest BCUT2D eigenvalue weighted by Gasteiger charge is -2.23. The van der Waals surface area contributed by atoms with Crippen molar-refractivity contribution in [1.82, 2.24) is 15.0 Å². The minimum atomic E-state index is 0.922. The summed E-state index contributed by atoms with van der Waals surface area (Å²) in [5.41, 5.74) is 14.3. The van der Waals surface area contributed by atoms with Gasteiger partial charge in [-0.15, -0.1) is 0 Å². The van der Waals surface area contributed by atoms with Crippen molar-refractivity contribution >= 4 is 81.9 Å². The molecule has 0 fully saturated rings. The van der Waals surface area contributed by atoms with Gasteiger partial charge in [0, 0.05) is 43.6 Å². The van der Waals surface area contributed by atoms with Crippen molar-refractivity contribution in [2.75, 3.05) is 0 Å². The average molecular weight is 788 g/mol. The van der Waals surface area contributed by atoms with E-state index in [-0.39, 0.29) is 0 Å². The molecule has 0 spiro atoms. The van der Waals surface area contributed by atoms with E-state index in [1.165, 1.54) is 70.9 Å². The SMILES string of the molecule is C1=Cc2c(c(-c3ccc(-c4nc5c6ccccc6c6ccccc6c5c5ccccc45)cc3)c3ccccc3c2-c2ccc3ccc4ccc(-c5ccccc5)nc4c3n2)CC1. The zero-order chi connectivity index (χ0) is 40.7. The average Bonchev–Trinajstić information content (AvgIpc) is 3.35. The molecule has 9 aromatic carbocycles. The molecule has 0 aliphatic heterocycles. The Hall–Kier alpha value is -8.01. The van der Waals surface area contributed by atoms with Gasteiger partial charge in [0.05, 0.1) is 33.6 Å². The molecule has 1 aliphatic carbocycles. The first kappa shape index (κ1) is 34.8. The molecule has 0 atom stereocenters. The molecule has 12 aromatic rings. The summed E-state index contributed by atoms with van der Waals surface area (Å²) in [6.45, 7) is 0. The van der Waals surface area contributed by atoms with Gasteiger partial charge in [0.2, 0.25) is 0 Å². The molecule has 288 valence electrons. The van der Waals surface area contributed by atoms with Crippen LogP contribution in [0, 0.1) is 0 Å².